The molecule has 164 valence electrons. The van der Waals surface area contributed by atoms with Crippen LogP contribution in [0.1, 0.15) is 57.1 Å². The fraction of sp³-hybridized carbons (Fsp3) is 0.682. The number of hydrogen-bond donors (Lipinski definition) is 2. The smallest absolute Gasteiger partial charge is 0.191 e. The summed E-state index contributed by atoms with van der Waals surface area (Å²) in [5, 5.41) is 19.5. The second-order valence-electron chi connectivity index (χ2n) is 8.22. The summed E-state index contributed by atoms with van der Waals surface area (Å²) in [7, 11) is 0. The van der Waals surface area contributed by atoms with Gasteiger partial charge in [-0.3, -0.25) is 4.99 Å². The molecule has 1 fully saturated rings. The fourth-order valence-corrected chi connectivity index (χ4v) is 5.15. The maximum absolute atomic E-state index is 4.83. The first kappa shape index (κ1) is 21.2. The molecule has 2 aliphatic rings. The number of nitrogens with one attached hydrogen (secondary N) is 2. The molecule has 8 heteroatoms. The molecular formula is C22H35N7S. The van der Waals surface area contributed by atoms with Crippen LogP contribution < -0.4 is 15.5 Å². The van der Waals surface area contributed by atoms with Gasteiger partial charge in [-0.15, -0.1) is 21.5 Å². The summed E-state index contributed by atoms with van der Waals surface area (Å²) >= 11 is 1.83. The minimum absolute atomic E-state index is 0.492. The van der Waals surface area contributed by atoms with E-state index >= 15 is 0 Å². The first-order valence-corrected chi connectivity index (χ1v) is 12.5. The summed E-state index contributed by atoms with van der Waals surface area (Å²) < 4.78 is 2.35. The van der Waals surface area contributed by atoms with E-state index in [1.54, 1.807) is 0 Å². The van der Waals surface area contributed by atoms with E-state index in [1.165, 1.54) is 30.1 Å². The van der Waals surface area contributed by atoms with Gasteiger partial charge in [-0.05, 0) is 56.5 Å². The van der Waals surface area contributed by atoms with Gasteiger partial charge in [-0.2, -0.15) is 0 Å². The molecule has 0 bridgehead atoms. The summed E-state index contributed by atoms with van der Waals surface area (Å²) in [6.07, 6.45) is 9.12. The van der Waals surface area contributed by atoms with Crippen molar-refractivity contribution in [2.24, 2.45) is 4.99 Å². The minimum atomic E-state index is 0.492. The Kier molecular flexibility index (Phi) is 7.61. The maximum Gasteiger partial charge on any atom is 0.191 e. The van der Waals surface area contributed by atoms with Crippen LogP contribution in [0.25, 0.3) is 0 Å². The Hall–Kier alpha value is -2.09. The Labute approximate surface area is 184 Å². The number of aliphatic imine (C=N–C) groups is 1. The second kappa shape index (κ2) is 10.8. The van der Waals surface area contributed by atoms with Gasteiger partial charge in [0.05, 0.1) is 5.00 Å². The highest BCUT2D eigenvalue weighted by Gasteiger charge is 2.20. The zero-order valence-electron chi connectivity index (χ0n) is 18.1. The highest BCUT2D eigenvalue weighted by molar-refractivity contribution is 7.14. The third-order valence-electron chi connectivity index (χ3n) is 6.01. The van der Waals surface area contributed by atoms with Crippen molar-refractivity contribution in [3.63, 3.8) is 0 Å². The van der Waals surface area contributed by atoms with Gasteiger partial charge in [0.15, 0.2) is 5.96 Å². The second-order valence-corrected chi connectivity index (χ2v) is 9.14. The van der Waals surface area contributed by atoms with Crippen molar-refractivity contribution in [3.05, 3.63) is 29.2 Å². The molecule has 0 amide bonds. The van der Waals surface area contributed by atoms with Gasteiger partial charge < -0.3 is 20.1 Å². The van der Waals surface area contributed by atoms with Crippen molar-refractivity contribution in [1.29, 1.82) is 0 Å². The highest BCUT2D eigenvalue weighted by Crippen LogP contribution is 2.24. The molecule has 30 heavy (non-hydrogen) atoms. The zero-order valence-corrected chi connectivity index (χ0v) is 19.0. The minimum Gasteiger partial charge on any atom is -0.363 e. The molecule has 4 heterocycles. The number of hydrogen-bond acceptors (Lipinski definition) is 5. The number of anilines is 1. The average Bonchev–Trinajstić information content (AvgIpc) is 3.37. The van der Waals surface area contributed by atoms with E-state index < -0.39 is 0 Å². The average molecular weight is 430 g/mol. The van der Waals surface area contributed by atoms with Crippen molar-refractivity contribution < 1.29 is 0 Å². The highest BCUT2D eigenvalue weighted by atomic mass is 32.1. The normalized spacial score (nSPS) is 18.2. The van der Waals surface area contributed by atoms with Crippen LogP contribution in [0.3, 0.4) is 0 Å². The molecule has 0 saturated carbocycles. The van der Waals surface area contributed by atoms with E-state index in [1.807, 2.05) is 11.3 Å². The van der Waals surface area contributed by atoms with Crippen LogP contribution in [0.5, 0.6) is 0 Å². The monoisotopic (exact) mass is 429 g/mol. The van der Waals surface area contributed by atoms with Gasteiger partial charge >= 0.3 is 0 Å². The van der Waals surface area contributed by atoms with Crippen molar-refractivity contribution in [3.8, 4) is 0 Å². The van der Waals surface area contributed by atoms with Crippen LogP contribution in [0.15, 0.2) is 22.5 Å². The van der Waals surface area contributed by atoms with Gasteiger partial charge in [0.1, 0.15) is 11.6 Å². The molecule has 4 rings (SSSR count). The van der Waals surface area contributed by atoms with E-state index in [9.17, 15) is 0 Å². The molecule has 2 aromatic heterocycles. The molecule has 0 atom stereocenters. The predicted octanol–water partition coefficient (Wildman–Crippen LogP) is 3.22. The van der Waals surface area contributed by atoms with Crippen LogP contribution in [0.2, 0.25) is 0 Å². The summed E-state index contributed by atoms with van der Waals surface area (Å²) in [6.45, 7) is 7.12. The SMILES string of the molecule is CCNC(=NCCCc1nnc2n1CCCCC2)NC1CCN(c2cccs2)CC1. The van der Waals surface area contributed by atoms with Crippen LogP contribution in [-0.4, -0.2) is 52.9 Å². The number of aryl methyl sites for hydroxylation is 2. The quantitative estimate of drug-likeness (QED) is 0.402. The van der Waals surface area contributed by atoms with Crippen LogP contribution in [0, 0.1) is 0 Å². The molecule has 2 aromatic rings. The Morgan fingerprint density at radius 2 is 2.10 bits per heavy atom. The molecule has 0 aliphatic carbocycles. The summed E-state index contributed by atoms with van der Waals surface area (Å²) in [4.78, 5) is 7.33. The number of thiophene rings is 1. The molecule has 0 radical (unpaired) electrons. The molecule has 0 spiro atoms. The molecule has 1 saturated heterocycles. The number of fused-ring (bicyclic) bond motifs is 1. The largest absolute Gasteiger partial charge is 0.363 e. The maximum atomic E-state index is 4.83. The van der Waals surface area contributed by atoms with Crippen LogP contribution >= 0.6 is 11.3 Å². The van der Waals surface area contributed by atoms with E-state index in [0.717, 1.165) is 76.6 Å². The van der Waals surface area contributed by atoms with Gasteiger partial charge in [-0.1, -0.05) is 6.42 Å². The Bertz CT molecular complexity index is 791. The Balaban J connectivity index is 1.24. The molecule has 2 N–H and O–H groups in total. The lowest BCUT2D eigenvalue weighted by Gasteiger charge is -2.33. The lowest BCUT2D eigenvalue weighted by molar-refractivity contribution is 0.462. The number of piperidine rings is 1. The van der Waals surface area contributed by atoms with Crippen molar-refractivity contribution in [1.82, 2.24) is 25.4 Å². The Morgan fingerprint density at radius 1 is 1.20 bits per heavy atom. The van der Waals surface area contributed by atoms with E-state index in [4.69, 9.17) is 4.99 Å². The molecule has 0 unspecified atom stereocenters. The van der Waals surface area contributed by atoms with Crippen molar-refractivity contribution in [2.45, 2.75) is 70.9 Å². The molecular weight excluding hydrogens is 394 g/mol. The molecule has 7 nitrogen and oxygen atoms in total. The van der Waals surface area contributed by atoms with E-state index in [0.29, 0.717) is 6.04 Å². The summed E-state index contributed by atoms with van der Waals surface area (Å²) in [5.41, 5.74) is 0. The number of guanidine groups is 1. The standard InChI is InChI=1S/C22H35N7S/c1-2-23-22(25-18-11-15-28(16-12-18)21-10-7-17-30-21)24-13-6-9-20-27-26-19-8-4-3-5-14-29(19)20/h7,10,17-18H,2-6,8-9,11-16H2,1H3,(H2,23,24,25). The van der Waals surface area contributed by atoms with E-state index in [2.05, 4.69) is 54.7 Å². The Morgan fingerprint density at radius 3 is 2.90 bits per heavy atom. The first-order valence-electron chi connectivity index (χ1n) is 11.6. The van der Waals surface area contributed by atoms with Gasteiger partial charge in [0.25, 0.3) is 0 Å². The van der Waals surface area contributed by atoms with Gasteiger partial charge in [0, 0.05) is 51.6 Å². The predicted molar refractivity (Wildman–Crippen MR) is 125 cm³/mol. The lowest BCUT2D eigenvalue weighted by atomic mass is 10.1. The van der Waals surface area contributed by atoms with Gasteiger partial charge in [-0.25, -0.2) is 0 Å². The number of aromatic nitrogens is 3. The first-order chi connectivity index (χ1) is 14.8. The van der Waals surface area contributed by atoms with Crippen LogP contribution in [-0.2, 0) is 19.4 Å². The van der Waals surface area contributed by atoms with Gasteiger partial charge in [0.2, 0.25) is 0 Å². The van der Waals surface area contributed by atoms with E-state index in [-0.39, 0.29) is 0 Å². The summed E-state index contributed by atoms with van der Waals surface area (Å²) in [5.74, 6) is 3.27. The van der Waals surface area contributed by atoms with Crippen molar-refractivity contribution >= 4 is 22.3 Å². The zero-order chi connectivity index (χ0) is 20.6. The third-order valence-corrected chi connectivity index (χ3v) is 6.94. The topological polar surface area (TPSA) is 70.4 Å². The summed E-state index contributed by atoms with van der Waals surface area (Å²) in [6, 6.07) is 4.85. The number of rotatable bonds is 7. The lowest BCUT2D eigenvalue weighted by Crippen LogP contribution is -2.48. The molecule has 2 aliphatic heterocycles. The fourth-order valence-electron chi connectivity index (χ4n) is 4.37. The number of nitrogens with zero attached hydrogens (tertiary/aromatic N) is 5. The molecule has 0 aromatic carbocycles. The third kappa shape index (κ3) is 5.53. The van der Waals surface area contributed by atoms with Crippen LogP contribution in [0.4, 0.5) is 5.00 Å². The van der Waals surface area contributed by atoms with Crippen molar-refractivity contribution in [2.75, 3.05) is 31.1 Å².